The van der Waals surface area contributed by atoms with Gasteiger partial charge in [-0.05, 0) is 24.3 Å². The lowest BCUT2D eigenvalue weighted by atomic mass is 10.2. The summed E-state index contributed by atoms with van der Waals surface area (Å²) in [6.07, 6.45) is 6.66. The minimum absolute atomic E-state index is 0.158. The number of rotatable bonds is 3. The summed E-state index contributed by atoms with van der Waals surface area (Å²) in [6.45, 7) is 0.546. The predicted molar refractivity (Wildman–Crippen MR) is 80.4 cm³/mol. The van der Waals surface area contributed by atoms with Crippen molar-refractivity contribution < 1.29 is 0 Å². The second kappa shape index (κ2) is 4.96. The fourth-order valence-electron chi connectivity index (χ4n) is 2.47. The number of imidazole rings is 1. The van der Waals surface area contributed by atoms with Gasteiger partial charge in [0.1, 0.15) is 12.2 Å². The zero-order chi connectivity index (χ0) is 14.9. The number of H-pyrrole nitrogens is 1. The van der Waals surface area contributed by atoms with Gasteiger partial charge < -0.3 is 9.55 Å². The molecule has 0 aliphatic carbocycles. The molecule has 0 fully saturated rings. The quantitative estimate of drug-likeness (QED) is 0.617. The standard InChI is InChI=1S/C15H12N6O/c22-15-12(4-2-6-17-15)14-16-7-8-20(14)9-11-3-1-5-13-18-10-19-21(11)13/h1-8,10H,9H2,(H,17,22). The first-order valence-corrected chi connectivity index (χ1v) is 6.80. The highest BCUT2D eigenvalue weighted by Gasteiger charge is 2.11. The lowest BCUT2D eigenvalue weighted by molar-refractivity contribution is 0.740. The van der Waals surface area contributed by atoms with Crippen molar-refractivity contribution in [3.63, 3.8) is 0 Å². The third-order valence-electron chi connectivity index (χ3n) is 3.49. The molecule has 0 saturated carbocycles. The summed E-state index contributed by atoms with van der Waals surface area (Å²) in [5.74, 6) is 0.624. The summed E-state index contributed by atoms with van der Waals surface area (Å²) in [5.41, 5.74) is 2.13. The first kappa shape index (κ1) is 12.5. The largest absolute Gasteiger partial charge is 0.328 e. The highest BCUT2D eigenvalue weighted by molar-refractivity contribution is 5.53. The summed E-state index contributed by atoms with van der Waals surface area (Å²) in [6, 6.07) is 9.35. The molecule has 0 amide bonds. The van der Waals surface area contributed by atoms with Crippen molar-refractivity contribution in [1.82, 2.24) is 29.1 Å². The van der Waals surface area contributed by atoms with Crippen molar-refractivity contribution in [3.8, 4) is 11.4 Å². The number of pyridine rings is 2. The van der Waals surface area contributed by atoms with Gasteiger partial charge in [0, 0.05) is 18.6 Å². The van der Waals surface area contributed by atoms with Gasteiger partial charge in [-0.1, -0.05) is 6.07 Å². The van der Waals surface area contributed by atoms with Crippen LogP contribution in [-0.4, -0.2) is 29.1 Å². The third kappa shape index (κ3) is 1.99. The summed E-state index contributed by atoms with van der Waals surface area (Å²) < 4.78 is 3.69. The van der Waals surface area contributed by atoms with E-state index in [1.54, 1.807) is 29.0 Å². The molecule has 7 heteroatoms. The molecule has 0 atom stereocenters. The van der Waals surface area contributed by atoms with Crippen LogP contribution in [0.3, 0.4) is 0 Å². The Bertz CT molecular complexity index is 996. The van der Waals surface area contributed by atoms with E-state index in [2.05, 4.69) is 20.1 Å². The van der Waals surface area contributed by atoms with Crippen LogP contribution in [0, 0.1) is 0 Å². The molecule has 22 heavy (non-hydrogen) atoms. The molecule has 4 aromatic rings. The van der Waals surface area contributed by atoms with Gasteiger partial charge in [-0.3, -0.25) is 4.79 Å². The van der Waals surface area contributed by atoms with Gasteiger partial charge in [0.2, 0.25) is 0 Å². The Labute approximate surface area is 124 Å². The van der Waals surface area contributed by atoms with Gasteiger partial charge in [-0.25, -0.2) is 14.5 Å². The van der Waals surface area contributed by atoms with Gasteiger partial charge in [0.15, 0.2) is 5.65 Å². The Balaban J connectivity index is 1.80. The highest BCUT2D eigenvalue weighted by atomic mass is 16.1. The molecule has 108 valence electrons. The fourth-order valence-corrected chi connectivity index (χ4v) is 2.47. The molecule has 0 unspecified atom stereocenters. The van der Waals surface area contributed by atoms with Crippen molar-refractivity contribution in [2.75, 3.05) is 0 Å². The minimum Gasteiger partial charge on any atom is -0.328 e. The van der Waals surface area contributed by atoms with Crippen LogP contribution < -0.4 is 5.56 Å². The van der Waals surface area contributed by atoms with Gasteiger partial charge >= 0.3 is 0 Å². The SMILES string of the molecule is O=c1[nH]cccc1-c1nccn1Cc1cccc2ncnn12. The van der Waals surface area contributed by atoms with Crippen LogP contribution in [0.25, 0.3) is 17.0 Å². The second-order valence-corrected chi connectivity index (χ2v) is 4.84. The van der Waals surface area contributed by atoms with Gasteiger partial charge in [-0.2, -0.15) is 5.10 Å². The molecule has 0 radical (unpaired) electrons. The predicted octanol–water partition coefficient (Wildman–Crippen LogP) is 1.33. The molecule has 0 aliphatic heterocycles. The van der Waals surface area contributed by atoms with Crippen molar-refractivity contribution in [1.29, 1.82) is 0 Å². The fraction of sp³-hybridized carbons (Fsp3) is 0.0667. The molecule has 0 aliphatic rings. The molecular weight excluding hydrogens is 280 g/mol. The molecule has 4 aromatic heterocycles. The maximum absolute atomic E-state index is 12.0. The zero-order valence-corrected chi connectivity index (χ0v) is 11.5. The Morgan fingerprint density at radius 3 is 3.00 bits per heavy atom. The Kier molecular flexibility index (Phi) is 2.82. The van der Waals surface area contributed by atoms with Crippen molar-refractivity contribution in [2.24, 2.45) is 0 Å². The highest BCUT2D eigenvalue weighted by Crippen LogP contribution is 2.15. The first-order chi connectivity index (χ1) is 10.8. The third-order valence-corrected chi connectivity index (χ3v) is 3.49. The average Bonchev–Trinajstić information content (AvgIpc) is 3.17. The van der Waals surface area contributed by atoms with Crippen molar-refractivity contribution in [2.45, 2.75) is 6.54 Å². The van der Waals surface area contributed by atoms with E-state index in [9.17, 15) is 4.79 Å². The monoisotopic (exact) mass is 292 g/mol. The second-order valence-electron chi connectivity index (χ2n) is 4.84. The van der Waals surface area contributed by atoms with E-state index >= 15 is 0 Å². The number of nitrogens with zero attached hydrogens (tertiary/aromatic N) is 5. The zero-order valence-electron chi connectivity index (χ0n) is 11.5. The number of aromatic amines is 1. The smallest absolute Gasteiger partial charge is 0.258 e. The van der Waals surface area contributed by atoms with Crippen LogP contribution in [0.1, 0.15) is 5.69 Å². The molecule has 1 N–H and O–H groups in total. The van der Waals surface area contributed by atoms with Crippen LogP contribution in [-0.2, 0) is 6.54 Å². The van der Waals surface area contributed by atoms with Gasteiger partial charge in [0.25, 0.3) is 5.56 Å². The number of fused-ring (bicyclic) bond motifs is 1. The van der Waals surface area contributed by atoms with E-state index in [-0.39, 0.29) is 5.56 Å². The molecule has 7 nitrogen and oxygen atoms in total. The molecule has 0 spiro atoms. The molecule has 0 bridgehead atoms. The van der Waals surface area contributed by atoms with E-state index in [1.807, 2.05) is 29.0 Å². The molecule has 4 heterocycles. The van der Waals surface area contributed by atoms with E-state index in [1.165, 1.54) is 6.33 Å². The number of nitrogens with one attached hydrogen (secondary N) is 1. The van der Waals surface area contributed by atoms with Crippen molar-refractivity contribution >= 4 is 5.65 Å². The summed E-state index contributed by atoms with van der Waals surface area (Å²) >= 11 is 0. The minimum atomic E-state index is -0.158. The lowest BCUT2D eigenvalue weighted by Crippen LogP contribution is -2.12. The summed E-state index contributed by atoms with van der Waals surface area (Å²) in [5, 5.41) is 4.22. The lowest BCUT2D eigenvalue weighted by Gasteiger charge is -2.08. The number of hydrogen-bond acceptors (Lipinski definition) is 4. The van der Waals surface area contributed by atoms with Crippen LogP contribution in [0.2, 0.25) is 0 Å². The Morgan fingerprint density at radius 2 is 2.09 bits per heavy atom. The van der Waals surface area contributed by atoms with Gasteiger partial charge in [-0.15, -0.1) is 0 Å². The Morgan fingerprint density at radius 1 is 1.14 bits per heavy atom. The van der Waals surface area contributed by atoms with Crippen LogP contribution in [0.4, 0.5) is 0 Å². The summed E-state index contributed by atoms with van der Waals surface area (Å²) in [7, 11) is 0. The van der Waals surface area contributed by atoms with Crippen LogP contribution in [0.15, 0.2) is 60.0 Å². The van der Waals surface area contributed by atoms with E-state index < -0.39 is 0 Å². The van der Waals surface area contributed by atoms with Gasteiger partial charge in [0.05, 0.1) is 17.8 Å². The summed E-state index contributed by atoms with van der Waals surface area (Å²) in [4.78, 5) is 23.1. The van der Waals surface area contributed by atoms with E-state index in [0.717, 1.165) is 11.3 Å². The molecule has 0 aromatic carbocycles. The maximum Gasteiger partial charge on any atom is 0.258 e. The number of aromatic nitrogens is 6. The van der Waals surface area contributed by atoms with E-state index in [0.29, 0.717) is 17.9 Å². The average molecular weight is 292 g/mol. The normalized spacial score (nSPS) is 11.1. The molecule has 4 rings (SSSR count). The maximum atomic E-state index is 12.0. The topological polar surface area (TPSA) is 80.9 Å². The van der Waals surface area contributed by atoms with Crippen LogP contribution >= 0.6 is 0 Å². The van der Waals surface area contributed by atoms with Crippen LogP contribution in [0.5, 0.6) is 0 Å². The molecular formula is C15H12N6O. The Hall–Kier alpha value is -3.22. The van der Waals surface area contributed by atoms with E-state index in [4.69, 9.17) is 0 Å². The first-order valence-electron chi connectivity index (χ1n) is 6.80. The molecule has 0 saturated heterocycles. The number of hydrogen-bond donors (Lipinski definition) is 1. The van der Waals surface area contributed by atoms with Crippen molar-refractivity contribution in [3.05, 3.63) is 71.3 Å².